The molecule has 4 aromatic rings. The number of hydrogen-bond donors (Lipinski definition) is 2. The largest absolute Gasteiger partial charge is 0.324 e. The van der Waals surface area contributed by atoms with Gasteiger partial charge in [0.1, 0.15) is 5.82 Å². The molecular weight excluding hydrogens is 364 g/mol. The highest BCUT2D eigenvalue weighted by Gasteiger charge is 2.13. The molecule has 144 valence electrons. The van der Waals surface area contributed by atoms with Gasteiger partial charge in [-0.2, -0.15) is 0 Å². The van der Waals surface area contributed by atoms with E-state index in [0.29, 0.717) is 0 Å². The molecule has 0 unspecified atom stereocenters. The number of carbonyl (C=O) groups excluding carboxylic acids is 1. The van der Waals surface area contributed by atoms with Crippen LogP contribution in [0.1, 0.15) is 11.1 Å². The molecule has 1 amide bonds. The summed E-state index contributed by atoms with van der Waals surface area (Å²) in [6, 6.07) is 20.3. The Morgan fingerprint density at radius 3 is 2.69 bits per heavy atom. The molecule has 0 atom stereocenters. The number of benzene rings is 2. The molecule has 0 aliphatic heterocycles. The summed E-state index contributed by atoms with van der Waals surface area (Å²) in [6.45, 7) is 0.785. The van der Waals surface area contributed by atoms with Crippen molar-refractivity contribution >= 4 is 23.0 Å². The molecule has 6 nitrogen and oxygen atoms in total. The first-order chi connectivity index (χ1) is 14.2. The van der Waals surface area contributed by atoms with Gasteiger partial charge in [-0.15, -0.1) is 0 Å². The zero-order valence-electron chi connectivity index (χ0n) is 15.7. The van der Waals surface area contributed by atoms with Crippen LogP contribution in [0.2, 0.25) is 0 Å². The predicted octanol–water partition coefficient (Wildman–Crippen LogP) is 3.86. The zero-order valence-corrected chi connectivity index (χ0v) is 15.7. The van der Waals surface area contributed by atoms with Gasteiger partial charge in [0.25, 0.3) is 5.91 Å². The smallest absolute Gasteiger partial charge is 0.267 e. The van der Waals surface area contributed by atoms with Gasteiger partial charge in [-0.3, -0.25) is 15.0 Å². The maximum atomic E-state index is 11.2. The van der Waals surface area contributed by atoms with Gasteiger partial charge in [-0.05, 0) is 41.8 Å². The molecule has 2 heterocycles. The van der Waals surface area contributed by atoms with Gasteiger partial charge >= 0.3 is 0 Å². The molecule has 4 rings (SSSR count). The van der Waals surface area contributed by atoms with Crippen molar-refractivity contribution in [2.75, 3.05) is 0 Å². The van der Waals surface area contributed by atoms with Crippen LogP contribution >= 0.6 is 0 Å². The van der Waals surface area contributed by atoms with Gasteiger partial charge in [0.05, 0.1) is 11.0 Å². The topological polar surface area (TPSA) is 80.0 Å². The minimum absolute atomic E-state index is 0.592. The fraction of sp³-hybridized carbons (Fsp3) is 0.0870. The number of nitrogens with one attached hydrogen (secondary N) is 1. The van der Waals surface area contributed by atoms with Gasteiger partial charge in [-0.1, -0.05) is 42.5 Å². The summed E-state index contributed by atoms with van der Waals surface area (Å²) >= 11 is 0. The Balaban J connectivity index is 1.72. The van der Waals surface area contributed by atoms with Gasteiger partial charge in [0, 0.05) is 30.6 Å². The number of hydrogen-bond acceptors (Lipinski definition) is 4. The molecule has 0 aliphatic rings. The van der Waals surface area contributed by atoms with Crippen LogP contribution in [0.15, 0.2) is 79.1 Å². The van der Waals surface area contributed by atoms with Crippen molar-refractivity contribution in [3.8, 4) is 11.4 Å². The van der Waals surface area contributed by atoms with Crippen molar-refractivity contribution in [2.45, 2.75) is 13.0 Å². The maximum absolute atomic E-state index is 11.2. The first-order valence-electron chi connectivity index (χ1n) is 9.31. The van der Waals surface area contributed by atoms with Crippen LogP contribution in [0.3, 0.4) is 0 Å². The van der Waals surface area contributed by atoms with E-state index in [1.54, 1.807) is 23.9 Å². The van der Waals surface area contributed by atoms with Crippen molar-refractivity contribution in [1.82, 2.24) is 20.0 Å². The number of hydroxylamine groups is 1. The molecule has 0 bridgehead atoms. The second-order valence-electron chi connectivity index (χ2n) is 6.63. The van der Waals surface area contributed by atoms with Crippen LogP contribution in [-0.2, 0) is 17.8 Å². The van der Waals surface area contributed by atoms with Crippen LogP contribution in [0.4, 0.5) is 0 Å². The Bertz CT molecular complexity index is 1170. The van der Waals surface area contributed by atoms with E-state index in [2.05, 4.69) is 27.8 Å². The molecule has 0 spiro atoms. The average Bonchev–Trinajstić information content (AvgIpc) is 3.15. The summed E-state index contributed by atoms with van der Waals surface area (Å²) in [5.74, 6) is 0.238. The van der Waals surface area contributed by atoms with Gasteiger partial charge in [0.2, 0.25) is 0 Å². The van der Waals surface area contributed by atoms with Crippen LogP contribution in [-0.4, -0.2) is 25.6 Å². The van der Waals surface area contributed by atoms with Crippen LogP contribution in [0.25, 0.3) is 28.5 Å². The highest BCUT2D eigenvalue weighted by molar-refractivity contribution is 5.91. The lowest BCUT2D eigenvalue weighted by molar-refractivity contribution is -0.124. The predicted molar refractivity (Wildman–Crippen MR) is 112 cm³/mol. The molecular formula is C23H20N4O2. The number of pyridine rings is 1. The molecule has 6 heteroatoms. The summed E-state index contributed by atoms with van der Waals surface area (Å²) in [5.41, 5.74) is 6.44. The second kappa shape index (κ2) is 8.50. The van der Waals surface area contributed by atoms with E-state index < -0.39 is 5.91 Å². The van der Waals surface area contributed by atoms with Crippen LogP contribution in [0, 0.1) is 0 Å². The van der Waals surface area contributed by atoms with E-state index in [9.17, 15) is 4.79 Å². The SMILES string of the molecule is O=C(C=Cc1cncc(-c2nc3ccccc3n2CCc2ccccc2)c1)NO. The van der Waals surface area contributed by atoms with Crippen LogP contribution in [0.5, 0.6) is 0 Å². The van der Waals surface area contributed by atoms with Crippen molar-refractivity contribution in [2.24, 2.45) is 0 Å². The minimum atomic E-state index is -0.592. The Kier molecular flexibility index (Phi) is 5.45. The lowest BCUT2D eigenvalue weighted by Gasteiger charge is -2.10. The minimum Gasteiger partial charge on any atom is -0.324 e. The molecule has 2 aromatic heterocycles. The summed E-state index contributed by atoms with van der Waals surface area (Å²) in [4.78, 5) is 20.4. The molecule has 0 saturated heterocycles. The zero-order chi connectivity index (χ0) is 20.1. The standard InChI is InChI=1S/C23H20N4O2/c28-22(26-29)11-10-18-14-19(16-24-15-18)23-25-20-8-4-5-9-21(20)27(23)13-12-17-6-2-1-3-7-17/h1-11,14-16,29H,12-13H2,(H,26,28). The van der Waals surface area contributed by atoms with E-state index in [1.165, 1.54) is 11.6 Å². The monoisotopic (exact) mass is 384 g/mol. The molecule has 2 N–H and O–H groups in total. The first-order valence-corrected chi connectivity index (χ1v) is 9.31. The van der Waals surface area contributed by atoms with Gasteiger partial charge < -0.3 is 4.57 Å². The molecule has 0 aliphatic carbocycles. The Labute approximate surface area is 168 Å². The third kappa shape index (κ3) is 4.23. The highest BCUT2D eigenvalue weighted by atomic mass is 16.5. The number of aromatic nitrogens is 3. The molecule has 0 fully saturated rings. The summed E-state index contributed by atoms with van der Waals surface area (Å²) < 4.78 is 2.20. The van der Waals surface area contributed by atoms with Gasteiger partial charge in [0.15, 0.2) is 0 Å². The van der Waals surface area contributed by atoms with E-state index >= 15 is 0 Å². The van der Waals surface area contributed by atoms with Crippen molar-refractivity contribution in [3.05, 3.63) is 90.3 Å². The number of fused-ring (bicyclic) bond motifs is 1. The number of carbonyl (C=O) groups is 1. The maximum Gasteiger partial charge on any atom is 0.267 e. The Hall–Kier alpha value is -3.77. The van der Waals surface area contributed by atoms with E-state index in [1.807, 2.05) is 42.5 Å². The molecule has 0 radical (unpaired) electrons. The van der Waals surface area contributed by atoms with E-state index in [-0.39, 0.29) is 0 Å². The lowest BCUT2D eigenvalue weighted by atomic mass is 10.1. The quantitative estimate of drug-likeness (QED) is 0.301. The van der Waals surface area contributed by atoms with Crippen molar-refractivity contribution < 1.29 is 10.0 Å². The number of rotatable bonds is 6. The summed E-state index contributed by atoms with van der Waals surface area (Å²) in [7, 11) is 0. The third-order valence-corrected chi connectivity index (χ3v) is 4.68. The summed E-state index contributed by atoms with van der Waals surface area (Å²) in [6.07, 6.45) is 7.15. The number of nitrogens with zero attached hydrogens (tertiary/aromatic N) is 3. The Morgan fingerprint density at radius 1 is 1.07 bits per heavy atom. The van der Waals surface area contributed by atoms with Crippen molar-refractivity contribution in [1.29, 1.82) is 0 Å². The second-order valence-corrected chi connectivity index (χ2v) is 6.63. The Morgan fingerprint density at radius 2 is 1.86 bits per heavy atom. The normalized spacial score (nSPS) is 11.2. The fourth-order valence-corrected chi connectivity index (χ4v) is 3.29. The first kappa shape index (κ1) is 18.6. The number of para-hydroxylation sites is 2. The number of aryl methyl sites for hydroxylation is 2. The number of imidazole rings is 1. The van der Waals surface area contributed by atoms with Crippen LogP contribution < -0.4 is 5.48 Å². The van der Waals surface area contributed by atoms with Crippen molar-refractivity contribution in [3.63, 3.8) is 0 Å². The average molecular weight is 384 g/mol. The van der Waals surface area contributed by atoms with E-state index in [4.69, 9.17) is 10.2 Å². The van der Waals surface area contributed by atoms with E-state index in [0.717, 1.165) is 41.0 Å². The van der Waals surface area contributed by atoms with Gasteiger partial charge in [-0.25, -0.2) is 10.5 Å². The third-order valence-electron chi connectivity index (χ3n) is 4.68. The molecule has 2 aromatic carbocycles. The lowest BCUT2D eigenvalue weighted by Crippen LogP contribution is -2.14. The highest BCUT2D eigenvalue weighted by Crippen LogP contribution is 2.25. The fourth-order valence-electron chi connectivity index (χ4n) is 3.29. The molecule has 29 heavy (non-hydrogen) atoms. The number of amides is 1. The summed E-state index contributed by atoms with van der Waals surface area (Å²) in [5, 5.41) is 8.64. The molecule has 0 saturated carbocycles.